The first kappa shape index (κ1) is 12.0. The van der Waals surface area contributed by atoms with Crippen molar-refractivity contribution in [2.45, 2.75) is 0 Å². The molecule has 2 aromatic rings. The van der Waals surface area contributed by atoms with Crippen LogP contribution in [0, 0.1) is 5.82 Å². The van der Waals surface area contributed by atoms with Crippen LogP contribution in [0.3, 0.4) is 0 Å². The van der Waals surface area contributed by atoms with Crippen molar-refractivity contribution in [3.05, 3.63) is 24.0 Å². The Hall–Kier alpha value is -2.44. The van der Waals surface area contributed by atoms with Crippen molar-refractivity contribution in [3.8, 4) is 23.1 Å². The van der Waals surface area contributed by atoms with E-state index in [0.29, 0.717) is 0 Å². The van der Waals surface area contributed by atoms with Gasteiger partial charge in [0.15, 0.2) is 17.4 Å². The molecule has 2 rings (SSSR count). The normalized spacial score (nSPS) is 10.2. The minimum absolute atomic E-state index is 0.0275. The molecule has 0 aliphatic heterocycles. The molecule has 0 aliphatic rings. The average Bonchev–Trinajstić information content (AvgIpc) is 2.38. The molecule has 94 valence electrons. The fraction of sp³-hybridized carbons (Fsp3) is 0.182. The number of anilines is 1. The summed E-state index contributed by atoms with van der Waals surface area (Å²) in [6, 6.07) is 4.68. The van der Waals surface area contributed by atoms with E-state index in [1.54, 1.807) is 6.07 Å². The molecule has 0 amide bonds. The molecule has 0 spiro atoms. The predicted molar refractivity (Wildman–Crippen MR) is 62.7 cm³/mol. The van der Waals surface area contributed by atoms with Gasteiger partial charge in [0, 0.05) is 0 Å². The van der Waals surface area contributed by atoms with Crippen LogP contribution in [0.5, 0.6) is 11.8 Å². The highest BCUT2D eigenvalue weighted by atomic mass is 19.1. The number of ether oxygens (including phenoxy) is 2. The number of benzene rings is 1. The van der Waals surface area contributed by atoms with Crippen LogP contribution in [0.25, 0.3) is 11.4 Å². The zero-order chi connectivity index (χ0) is 13.1. The lowest BCUT2D eigenvalue weighted by Crippen LogP contribution is -2.03. The van der Waals surface area contributed by atoms with Crippen LogP contribution >= 0.6 is 0 Å². The maximum absolute atomic E-state index is 14.0. The number of nitrogens with two attached hydrogens (primary N) is 1. The zero-order valence-corrected chi connectivity index (χ0v) is 9.85. The van der Waals surface area contributed by atoms with Crippen LogP contribution in [0.15, 0.2) is 18.2 Å². The molecule has 7 heteroatoms. The van der Waals surface area contributed by atoms with Gasteiger partial charge in [0.2, 0.25) is 5.95 Å². The summed E-state index contributed by atoms with van der Waals surface area (Å²) in [5.74, 6) is -0.409. The Morgan fingerprint density at radius 2 is 1.89 bits per heavy atom. The molecule has 0 atom stereocenters. The van der Waals surface area contributed by atoms with Crippen molar-refractivity contribution in [1.82, 2.24) is 15.0 Å². The van der Waals surface area contributed by atoms with Crippen molar-refractivity contribution in [2.75, 3.05) is 20.0 Å². The largest absolute Gasteiger partial charge is 0.494 e. The van der Waals surface area contributed by atoms with Crippen molar-refractivity contribution in [2.24, 2.45) is 0 Å². The van der Waals surface area contributed by atoms with E-state index in [1.807, 2.05) is 0 Å². The predicted octanol–water partition coefficient (Wildman–Crippen LogP) is 1.28. The number of aromatic nitrogens is 3. The molecule has 18 heavy (non-hydrogen) atoms. The van der Waals surface area contributed by atoms with Gasteiger partial charge in [-0.2, -0.15) is 15.0 Å². The summed E-state index contributed by atoms with van der Waals surface area (Å²) < 4.78 is 23.8. The quantitative estimate of drug-likeness (QED) is 0.883. The highest BCUT2D eigenvalue weighted by Gasteiger charge is 2.14. The van der Waals surface area contributed by atoms with E-state index in [4.69, 9.17) is 15.2 Å². The summed E-state index contributed by atoms with van der Waals surface area (Å²) in [5, 5.41) is 0. The van der Waals surface area contributed by atoms with Crippen LogP contribution in [0.1, 0.15) is 0 Å². The van der Waals surface area contributed by atoms with Crippen LogP contribution < -0.4 is 15.2 Å². The molecule has 0 bridgehead atoms. The molecule has 0 fully saturated rings. The van der Waals surface area contributed by atoms with E-state index < -0.39 is 5.82 Å². The van der Waals surface area contributed by atoms with Crippen molar-refractivity contribution < 1.29 is 13.9 Å². The summed E-state index contributed by atoms with van der Waals surface area (Å²) in [7, 11) is 2.77. The van der Waals surface area contributed by atoms with Crippen molar-refractivity contribution in [3.63, 3.8) is 0 Å². The van der Waals surface area contributed by atoms with Crippen LogP contribution in [-0.4, -0.2) is 29.2 Å². The Morgan fingerprint density at radius 3 is 2.56 bits per heavy atom. The first-order valence-electron chi connectivity index (χ1n) is 5.04. The summed E-state index contributed by atoms with van der Waals surface area (Å²) in [5.41, 5.74) is 5.67. The second-order valence-corrected chi connectivity index (χ2v) is 3.33. The van der Waals surface area contributed by atoms with E-state index in [-0.39, 0.29) is 29.1 Å². The number of nitrogens with zero attached hydrogens (tertiary/aromatic N) is 3. The monoisotopic (exact) mass is 250 g/mol. The second-order valence-electron chi connectivity index (χ2n) is 3.33. The van der Waals surface area contributed by atoms with Gasteiger partial charge >= 0.3 is 6.01 Å². The van der Waals surface area contributed by atoms with Gasteiger partial charge in [0.1, 0.15) is 0 Å². The third-order valence-electron chi connectivity index (χ3n) is 2.24. The lowest BCUT2D eigenvalue weighted by molar-refractivity contribution is 0.378. The highest BCUT2D eigenvalue weighted by molar-refractivity contribution is 5.59. The summed E-state index contributed by atoms with van der Waals surface area (Å²) in [6.07, 6.45) is 0. The zero-order valence-electron chi connectivity index (χ0n) is 9.85. The Balaban J connectivity index is 2.58. The van der Waals surface area contributed by atoms with E-state index in [2.05, 4.69) is 15.0 Å². The fourth-order valence-corrected chi connectivity index (χ4v) is 1.42. The maximum Gasteiger partial charge on any atom is 0.321 e. The Kier molecular flexibility index (Phi) is 3.22. The van der Waals surface area contributed by atoms with Crippen molar-refractivity contribution in [1.29, 1.82) is 0 Å². The third-order valence-corrected chi connectivity index (χ3v) is 2.24. The smallest absolute Gasteiger partial charge is 0.321 e. The number of halogens is 1. The molecular weight excluding hydrogens is 239 g/mol. The SMILES string of the molecule is COc1nc(N)nc(-c2cccc(OC)c2F)n1. The molecule has 0 unspecified atom stereocenters. The van der Waals surface area contributed by atoms with Crippen LogP contribution in [-0.2, 0) is 0 Å². The standard InChI is InChI=1S/C11H11FN4O2/c1-17-7-5-3-4-6(8(7)12)9-14-10(13)16-11(15-9)18-2/h3-5H,1-2H3,(H2,13,14,15,16). The van der Waals surface area contributed by atoms with Gasteiger partial charge in [-0.1, -0.05) is 6.07 Å². The van der Waals surface area contributed by atoms with Crippen LogP contribution in [0.4, 0.5) is 10.3 Å². The Labute approximate surface area is 103 Å². The lowest BCUT2D eigenvalue weighted by atomic mass is 10.2. The molecule has 0 aliphatic carbocycles. The molecule has 0 saturated carbocycles. The fourth-order valence-electron chi connectivity index (χ4n) is 1.42. The Bertz CT molecular complexity index is 577. The van der Waals surface area contributed by atoms with Gasteiger partial charge < -0.3 is 15.2 Å². The van der Waals surface area contributed by atoms with Gasteiger partial charge in [-0.15, -0.1) is 0 Å². The number of nitrogen functional groups attached to an aromatic ring is 1. The number of rotatable bonds is 3. The second kappa shape index (κ2) is 4.82. The van der Waals surface area contributed by atoms with E-state index in [9.17, 15) is 4.39 Å². The lowest BCUT2D eigenvalue weighted by Gasteiger charge is -2.07. The third kappa shape index (κ3) is 2.15. The van der Waals surface area contributed by atoms with Gasteiger partial charge in [0.25, 0.3) is 0 Å². The number of hydrogen-bond acceptors (Lipinski definition) is 6. The highest BCUT2D eigenvalue weighted by Crippen LogP contribution is 2.27. The summed E-state index contributed by atoms with van der Waals surface area (Å²) in [6.45, 7) is 0. The van der Waals surface area contributed by atoms with Crippen LogP contribution in [0.2, 0.25) is 0 Å². The molecule has 2 N–H and O–H groups in total. The van der Waals surface area contributed by atoms with Gasteiger partial charge in [-0.25, -0.2) is 4.39 Å². The van der Waals surface area contributed by atoms with Gasteiger partial charge in [0.05, 0.1) is 19.8 Å². The van der Waals surface area contributed by atoms with Gasteiger partial charge in [-0.05, 0) is 12.1 Å². The molecule has 6 nitrogen and oxygen atoms in total. The molecule has 0 saturated heterocycles. The molecule has 0 radical (unpaired) electrons. The molecule has 1 aromatic heterocycles. The number of hydrogen-bond donors (Lipinski definition) is 1. The van der Waals surface area contributed by atoms with E-state index in [1.165, 1.54) is 26.4 Å². The van der Waals surface area contributed by atoms with Gasteiger partial charge in [-0.3, -0.25) is 0 Å². The number of methoxy groups -OCH3 is 2. The Morgan fingerprint density at radius 1 is 1.11 bits per heavy atom. The molecule has 1 aromatic carbocycles. The summed E-state index contributed by atoms with van der Waals surface area (Å²) >= 11 is 0. The minimum atomic E-state index is -0.562. The summed E-state index contributed by atoms with van der Waals surface area (Å²) in [4.78, 5) is 11.5. The maximum atomic E-state index is 14.0. The first-order chi connectivity index (χ1) is 8.65. The van der Waals surface area contributed by atoms with E-state index >= 15 is 0 Å². The molecule has 1 heterocycles. The first-order valence-corrected chi connectivity index (χ1v) is 5.04. The van der Waals surface area contributed by atoms with E-state index in [0.717, 1.165) is 0 Å². The van der Waals surface area contributed by atoms with Crippen molar-refractivity contribution >= 4 is 5.95 Å². The average molecular weight is 250 g/mol. The molecular formula is C11H11FN4O2. The topological polar surface area (TPSA) is 83.2 Å². The minimum Gasteiger partial charge on any atom is -0.494 e.